The zero-order valence-electron chi connectivity index (χ0n) is 11.5. The zero-order valence-corrected chi connectivity index (χ0v) is 13.0. The molecule has 0 saturated heterocycles. The van der Waals surface area contributed by atoms with Crippen molar-refractivity contribution in [2.45, 2.75) is 25.3 Å². The predicted molar refractivity (Wildman–Crippen MR) is 82.9 cm³/mol. The van der Waals surface area contributed by atoms with Gasteiger partial charge < -0.3 is 5.32 Å². The van der Waals surface area contributed by atoms with Crippen LogP contribution in [0.3, 0.4) is 0 Å². The van der Waals surface area contributed by atoms with Crippen LogP contribution in [-0.4, -0.2) is 16.1 Å². The first-order valence-electron chi connectivity index (χ1n) is 6.82. The number of rotatable bonds is 3. The number of nitriles is 1. The predicted octanol–water partition coefficient (Wildman–Crippen LogP) is 3.20. The number of H-pyrrole nitrogens is 1. The lowest BCUT2D eigenvalue weighted by atomic mass is 10.1. The van der Waals surface area contributed by atoms with Gasteiger partial charge in [0.05, 0.1) is 16.1 Å². The first-order chi connectivity index (χ1) is 10.6. The molecule has 0 radical (unpaired) electrons. The number of benzene rings is 1. The van der Waals surface area contributed by atoms with Crippen molar-refractivity contribution < 1.29 is 4.79 Å². The highest BCUT2D eigenvalue weighted by Crippen LogP contribution is 2.30. The third-order valence-corrected chi connectivity index (χ3v) is 4.55. The van der Waals surface area contributed by atoms with E-state index >= 15 is 0 Å². The lowest BCUT2D eigenvalue weighted by molar-refractivity contribution is 0.0939. The average Bonchev–Trinajstić information content (AvgIpc) is 3.10. The summed E-state index contributed by atoms with van der Waals surface area (Å²) in [5.41, 5.74) is 2.76. The Morgan fingerprint density at radius 3 is 3.00 bits per heavy atom. The minimum Gasteiger partial charge on any atom is -0.331 e. The van der Waals surface area contributed by atoms with Crippen molar-refractivity contribution in [1.82, 2.24) is 15.5 Å². The number of carbonyl (C=O) groups is 1. The highest BCUT2D eigenvalue weighted by molar-refractivity contribution is 6.42. The summed E-state index contributed by atoms with van der Waals surface area (Å²) in [6, 6.07) is 6.13. The van der Waals surface area contributed by atoms with Crippen LogP contribution >= 0.6 is 23.2 Å². The standard InChI is InChI=1S/C15H12Cl2N4O/c16-10-5-1-3-8(13(10)17)12(7-18)19-15(22)14-9-4-2-6-11(9)20-21-14/h1,3,5,12H,2,4,6H2,(H,19,22)(H,20,21). The van der Waals surface area contributed by atoms with Crippen LogP contribution in [-0.2, 0) is 12.8 Å². The summed E-state index contributed by atoms with van der Waals surface area (Å²) < 4.78 is 0. The second-order valence-electron chi connectivity index (χ2n) is 5.06. The molecule has 0 bridgehead atoms. The van der Waals surface area contributed by atoms with E-state index in [1.54, 1.807) is 18.2 Å². The Kier molecular flexibility index (Phi) is 4.06. The quantitative estimate of drug-likeness (QED) is 0.904. The molecule has 3 rings (SSSR count). The van der Waals surface area contributed by atoms with Crippen molar-refractivity contribution in [1.29, 1.82) is 5.26 Å². The maximum atomic E-state index is 12.4. The van der Waals surface area contributed by atoms with Gasteiger partial charge in [-0.2, -0.15) is 10.4 Å². The average molecular weight is 335 g/mol. The molecule has 2 aromatic rings. The monoisotopic (exact) mass is 334 g/mol. The van der Waals surface area contributed by atoms with Crippen LogP contribution in [0.2, 0.25) is 10.0 Å². The number of fused-ring (bicyclic) bond motifs is 1. The minimum atomic E-state index is -0.882. The highest BCUT2D eigenvalue weighted by atomic mass is 35.5. The molecule has 5 nitrogen and oxygen atoms in total. The molecular formula is C15H12Cl2N4O. The lowest BCUT2D eigenvalue weighted by Gasteiger charge is -2.13. The number of aromatic amines is 1. The van der Waals surface area contributed by atoms with E-state index in [1.165, 1.54) is 0 Å². The van der Waals surface area contributed by atoms with Crippen LogP contribution in [0.15, 0.2) is 18.2 Å². The summed E-state index contributed by atoms with van der Waals surface area (Å²) in [6.07, 6.45) is 2.73. The maximum Gasteiger partial charge on any atom is 0.273 e. The number of aryl methyl sites for hydroxylation is 1. The molecule has 1 amide bonds. The van der Waals surface area contributed by atoms with Gasteiger partial charge in [-0.1, -0.05) is 35.3 Å². The van der Waals surface area contributed by atoms with Gasteiger partial charge in [-0.25, -0.2) is 0 Å². The number of nitrogens with zero attached hydrogens (tertiary/aromatic N) is 2. The van der Waals surface area contributed by atoms with Crippen molar-refractivity contribution in [3.8, 4) is 6.07 Å². The van der Waals surface area contributed by atoms with E-state index in [1.807, 2.05) is 6.07 Å². The fourth-order valence-electron chi connectivity index (χ4n) is 2.63. The largest absolute Gasteiger partial charge is 0.331 e. The SMILES string of the molecule is N#CC(NC(=O)c1n[nH]c2c1CCC2)c1cccc(Cl)c1Cl. The third-order valence-electron chi connectivity index (χ3n) is 3.72. The van der Waals surface area contributed by atoms with E-state index in [2.05, 4.69) is 15.5 Å². The molecule has 2 N–H and O–H groups in total. The lowest BCUT2D eigenvalue weighted by Crippen LogP contribution is -2.28. The maximum absolute atomic E-state index is 12.4. The van der Waals surface area contributed by atoms with E-state index in [0.717, 1.165) is 30.5 Å². The van der Waals surface area contributed by atoms with Gasteiger partial charge in [-0.15, -0.1) is 0 Å². The van der Waals surface area contributed by atoms with Gasteiger partial charge in [0.1, 0.15) is 6.04 Å². The van der Waals surface area contributed by atoms with Crippen molar-refractivity contribution >= 4 is 29.1 Å². The fourth-order valence-corrected chi connectivity index (χ4v) is 3.05. The Labute approximate surface area is 137 Å². The molecule has 1 atom stereocenters. The van der Waals surface area contributed by atoms with Crippen molar-refractivity contribution in [3.63, 3.8) is 0 Å². The summed E-state index contributed by atoms with van der Waals surface area (Å²) in [5.74, 6) is -0.387. The van der Waals surface area contributed by atoms with Crippen LogP contribution in [0.4, 0.5) is 0 Å². The number of hydrogen-bond acceptors (Lipinski definition) is 3. The van der Waals surface area contributed by atoms with E-state index in [4.69, 9.17) is 23.2 Å². The molecule has 112 valence electrons. The number of nitrogens with one attached hydrogen (secondary N) is 2. The Hall–Kier alpha value is -2.03. The normalized spacial score (nSPS) is 14.2. The topological polar surface area (TPSA) is 81.6 Å². The number of halogens is 2. The van der Waals surface area contributed by atoms with Gasteiger partial charge in [0.2, 0.25) is 0 Å². The molecule has 1 aromatic carbocycles. The van der Waals surface area contributed by atoms with Gasteiger partial charge >= 0.3 is 0 Å². The molecule has 7 heteroatoms. The van der Waals surface area contributed by atoms with Crippen molar-refractivity contribution in [2.75, 3.05) is 0 Å². The third kappa shape index (κ3) is 2.56. The Bertz CT molecular complexity index is 778. The molecule has 0 fully saturated rings. The fraction of sp³-hybridized carbons (Fsp3) is 0.267. The zero-order chi connectivity index (χ0) is 15.7. The van der Waals surface area contributed by atoms with Crippen LogP contribution in [0.25, 0.3) is 0 Å². The van der Waals surface area contributed by atoms with Gasteiger partial charge in [-0.3, -0.25) is 9.89 Å². The number of aromatic nitrogens is 2. The van der Waals surface area contributed by atoms with Crippen LogP contribution in [0, 0.1) is 11.3 Å². The Morgan fingerprint density at radius 2 is 2.23 bits per heavy atom. The molecular weight excluding hydrogens is 323 g/mol. The molecule has 1 heterocycles. The number of amides is 1. The van der Waals surface area contributed by atoms with Crippen LogP contribution < -0.4 is 5.32 Å². The minimum absolute atomic E-state index is 0.267. The Balaban J connectivity index is 1.85. The summed E-state index contributed by atoms with van der Waals surface area (Å²) in [6.45, 7) is 0. The van der Waals surface area contributed by atoms with Crippen LogP contribution in [0.5, 0.6) is 0 Å². The van der Waals surface area contributed by atoms with Crippen molar-refractivity contribution in [3.05, 3.63) is 50.8 Å². The molecule has 1 aliphatic carbocycles. The molecule has 1 aliphatic rings. The summed E-state index contributed by atoms with van der Waals surface area (Å²) in [7, 11) is 0. The molecule has 1 unspecified atom stereocenters. The molecule has 22 heavy (non-hydrogen) atoms. The molecule has 1 aromatic heterocycles. The van der Waals surface area contributed by atoms with Crippen molar-refractivity contribution in [2.24, 2.45) is 0 Å². The number of hydrogen-bond donors (Lipinski definition) is 2. The smallest absolute Gasteiger partial charge is 0.273 e. The van der Waals surface area contributed by atoms with E-state index in [-0.39, 0.29) is 10.9 Å². The second-order valence-corrected chi connectivity index (χ2v) is 5.85. The van der Waals surface area contributed by atoms with E-state index < -0.39 is 6.04 Å². The molecule has 0 saturated carbocycles. The first-order valence-corrected chi connectivity index (χ1v) is 7.58. The Morgan fingerprint density at radius 1 is 1.41 bits per heavy atom. The van der Waals surface area contributed by atoms with E-state index in [9.17, 15) is 10.1 Å². The number of carbonyl (C=O) groups excluding carboxylic acids is 1. The first kappa shape index (κ1) is 14.9. The second kappa shape index (κ2) is 5.99. The van der Waals surface area contributed by atoms with Gasteiger partial charge in [0.15, 0.2) is 5.69 Å². The highest BCUT2D eigenvalue weighted by Gasteiger charge is 2.25. The van der Waals surface area contributed by atoms with Crippen LogP contribution in [0.1, 0.15) is 39.8 Å². The van der Waals surface area contributed by atoms with Gasteiger partial charge in [0, 0.05) is 16.8 Å². The molecule has 0 spiro atoms. The van der Waals surface area contributed by atoms with Gasteiger partial charge in [0.25, 0.3) is 5.91 Å². The summed E-state index contributed by atoms with van der Waals surface area (Å²) in [4.78, 5) is 12.4. The summed E-state index contributed by atoms with van der Waals surface area (Å²) in [5, 5.41) is 19.5. The summed E-state index contributed by atoms with van der Waals surface area (Å²) >= 11 is 12.1. The van der Waals surface area contributed by atoms with E-state index in [0.29, 0.717) is 16.3 Å². The molecule has 0 aliphatic heterocycles. The van der Waals surface area contributed by atoms with Gasteiger partial charge in [-0.05, 0) is 25.3 Å².